The SMILES string of the molecule is NC(=O)CCc1ccc(NC(=O)[C@H](Cc2ccccc2)NC(=O)OCc2ccccc2)cc1. The lowest BCUT2D eigenvalue weighted by atomic mass is 10.0. The fourth-order valence-electron chi connectivity index (χ4n) is 3.22. The Labute approximate surface area is 193 Å². The molecule has 3 aromatic carbocycles. The molecule has 0 spiro atoms. The molecule has 170 valence electrons. The molecular weight excluding hydrogens is 418 g/mol. The van der Waals surface area contributed by atoms with Gasteiger partial charge in [0.05, 0.1) is 0 Å². The van der Waals surface area contributed by atoms with Gasteiger partial charge >= 0.3 is 6.09 Å². The zero-order valence-electron chi connectivity index (χ0n) is 18.2. The van der Waals surface area contributed by atoms with Crippen molar-refractivity contribution in [1.29, 1.82) is 0 Å². The van der Waals surface area contributed by atoms with Crippen LogP contribution in [0.25, 0.3) is 0 Å². The van der Waals surface area contributed by atoms with Crippen molar-refractivity contribution in [3.63, 3.8) is 0 Å². The molecule has 7 heteroatoms. The molecule has 3 aromatic rings. The molecule has 0 aliphatic heterocycles. The van der Waals surface area contributed by atoms with Gasteiger partial charge in [-0.15, -0.1) is 0 Å². The molecule has 0 saturated heterocycles. The molecule has 0 bridgehead atoms. The van der Waals surface area contributed by atoms with Crippen molar-refractivity contribution >= 4 is 23.6 Å². The number of benzene rings is 3. The molecule has 0 radical (unpaired) electrons. The maximum absolute atomic E-state index is 13.0. The highest BCUT2D eigenvalue weighted by Crippen LogP contribution is 2.13. The van der Waals surface area contributed by atoms with E-state index in [9.17, 15) is 14.4 Å². The highest BCUT2D eigenvalue weighted by atomic mass is 16.5. The van der Waals surface area contributed by atoms with Gasteiger partial charge in [0, 0.05) is 18.5 Å². The Bertz CT molecular complexity index is 1050. The number of alkyl carbamates (subject to hydrolysis) is 1. The molecular formula is C26H27N3O4. The summed E-state index contributed by atoms with van der Waals surface area (Å²) in [6.07, 6.45) is 0.440. The van der Waals surface area contributed by atoms with Crippen molar-refractivity contribution in [2.75, 3.05) is 5.32 Å². The Morgan fingerprint density at radius 1 is 0.788 bits per heavy atom. The van der Waals surface area contributed by atoms with E-state index in [-0.39, 0.29) is 24.8 Å². The second kappa shape index (κ2) is 12.0. The Hall–Kier alpha value is -4.13. The number of nitrogens with one attached hydrogen (secondary N) is 2. The summed E-state index contributed by atoms with van der Waals surface area (Å²) < 4.78 is 5.29. The lowest BCUT2D eigenvalue weighted by Crippen LogP contribution is -2.45. The minimum absolute atomic E-state index is 0.110. The van der Waals surface area contributed by atoms with Gasteiger partial charge in [0.1, 0.15) is 12.6 Å². The number of aryl methyl sites for hydroxylation is 1. The van der Waals surface area contributed by atoms with Gasteiger partial charge in [-0.25, -0.2) is 4.79 Å². The number of primary amides is 1. The molecule has 3 rings (SSSR count). The van der Waals surface area contributed by atoms with Crippen LogP contribution < -0.4 is 16.4 Å². The summed E-state index contributed by atoms with van der Waals surface area (Å²) >= 11 is 0. The van der Waals surface area contributed by atoms with Crippen LogP contribution in [0.1, 0.15) is 23.1 Å². The minimum atomic E-state index is -0.829. The van der Waals surface area contributed by atoms with Crippen LogP contribution in [0.5, 0.6) is 0 Å². The van der Waals surface area contributed by atoms with Crippen LogP contribution in [0.4, 0.5) is 10.5 Å². The van der Waals surface area contributed by atoms with E-state index in [1.165, 1.54) is 0 Å². The average molecular weight is 446 g/mol. The van der Waals surface area contributed by atoms with Crippen LogP contribution in [-0.4, -0.2) is 23.9 Å². The maximum Gasteiger partial charge on any atom is 0.408 e. The summed E-state index contributed by atoms with van der Waals surface area (Å²) in [4.78, 5) is 36.3. The number of anilines is 1. The first kappa shape index (κ1) is 23.5. The third kappa shape index (κ3) is 8.14. The number of amides is 3. The highest BCUT2D eigenvalue weighted by Gasteiger charge is 2.22. The lowest BCUT2D eigenvalue weighted by Gasteiger charge is -2.19. The number of rotatable bonds is 10. The molecule has 4 N–H and O–H groups in total. The van der Waals surface area contributed by atoms with E-state index in [1.807, 2.05) is 72.8 Å². The number of carbonyl (C=O) groups is 3. The molecule has 0 heterocycles. The molecule has 33 heavy (non-hydrogen) atoms. The summed E-state index contributed by atoms with van der Waals surface area (Å²) in [5.41, 5.74) is 8.47. The normalized spacial score (nSPS) is 11.3. The molecule has 0 unspecified atom stereocenters. The van der Waals surface area contributed by atoms with E-state index in [0.29, 0.717) is 18.5 Å². The van der Waals surface area contributed by atoms with E-state index in [2.05, 4.69) is 10.6 Å². The van der Waals surface area contributed by atoms with Crippen LogP contribution in [0, 0.1) is 0 Å². The summed E-state index contributed by atoms with van der Waals surface area (Å²) in [7, 11) is 0. The Balaban J connectivity index is 1.63. The van der Waals surface area contributed by atoms with Gasteiger partial charge in [-0.1, -0.05) is 72.8 Å². The zero-order chi connectivity index (χ0) is 23.5. The fraction of sp³-hybridized carbons (Fsp3) is 0.192. The van der Waals surface area contributed by atoms with Crippen molar-refractivity contribution in [2.24, 2.45) is 5.73 Å². The number of ether oxygens (including phenoxy) is 1. The van der Waals surface area contributed by atoms with E-state index >= 15 is 0 Å². The van der Waals surface area contributed by atoms with Crippen molar-refractivity contribution in [3.8, 4) is 0 Å². The van der Waals surface area contributed by atoms with Crippen LogP contribution >= 0.6 is 0 Å². The predicted molar refractivity (Wildman–Crippen MR) is 126 cm³/mol. The topological polar surface area (TPSA) is 111 Å². The monoisotopic (exact) mass is 445 g/mol. The van der Waals surface area contributed by atoms with Crippen molar-refractivity contribution < 1.29 is 19.1 Å². The van der Waals surface area contributed by atoms with Crippen LogP contribution in [0.15, 0.2) is 84.9 Å². The van der Waals surface area contributed by atoms with Gasteiger partial charge in [-0.2, -0.15) is 0 Å². The molecule has 0 aliphatic carbocycles. The number of nitrogens with two attached hydrogens (primary N) is 1. The summed E-state index contributed by atoms with van der Waals surface area (Å²) in [6.45, 7) is 0.110. The largest absolute Gasteiger partial charge is 0.445 e. The molecule has 0 saturated carbocycles. The first-order valence-electron chi connectivity index (χ1n) is 10.7. The molecule has 0 aromatic heterocycles. The highest BCUT2D eigenvalue weighted by molar-refractivity contribution is 5.96. The maximum atomic E-state index is 13.0. The first-order valence-corrected chi connectivity index (χ1v) is 10.7. The molecule has 7 nitrogen and oxygen atoms in total. The Kier molecular flexibility index (Phi) is 8.59. The second-order valence-electron chi connectivity index (χ2n) is 7.60. The van der Waals surface area contributed by atoms with Gasteiger partial charge in [0.2, 0.25) is 11.8 Å². The lowest BCUT2D eigenvalue weighted by molar-refractivity contribution is -0.118. The molecule has 0 fully saturated rings. The average Bonchev–Trinajstić information content (AvgIpc) is 2.83. The van der Waals surface area contributed by atoms with Crippen LogP contribution in [0.2, 0.25) is 0 Å². The Morgan fingerprint density at radius 3 is 2.00 bits per heavy atom. The summed E-state index contributed by atoms with van der Waals surface area (Å²) in [5.74, 6) is -0.721. The summed E-state index contributed by atoms with van der Waals surface area (Å²) in [5, 5.41) is 5.51. The molecule has 0 aliphatic rings. The van der Waals surface area contributed by atoms with E-state index in [4.69, 9.17) is 10.5 Å². The van der Waals surface area contributed by atoms with Crippen LogP contribution in [0.3, 0.4) is 0 Å². The van der Waals surface area contributed by atoms with Crippen molar-refractivity contribution in [2.45, 2.75) is 31.9 Å². The van der Waals surface area contributed by atoms with Crippen LogP contribution in [-0.2, 0) is 33.8 Å². The second-order valence-corrected chi connectivity index (χ2v) is 7.60. The van der Waals surface area contributed by atoms with Gasteiger partial charge in [0.15, 0.2) is 0 Å². The van der Waals surface area contributed by atoms with Gasteiger partial charge in [-0.05, 0) is 35.2 Å². The summed E-state index contributed by atoms with van der Waals surface area (Å²) in [6, 6.07) is 25.1. The third-order valence-electron chi connectivity index (χ3n) is 4.99. The fourth-order valence-corrected chi connectivity index (χ4v) is 3.22. The van der Waals surface area contributed by atoms with Gasteiger partial charge < -0.3 is 21.1 Å². The predicted octanol–water partition coefficient (Wildman–Crippen LogP) is 3.58. The van der Waals surface area contributed by atoms with E-state index < -0.39 is 12.1 Å². The number of hydrogen-bond donors (Lipinski definition) is 3. The smallest absolute Gasteiger partial charge is 0.408 e. The number of carbonyl (C=O) groups excluding carboxylic acids is 3. The minimum Gasteiger partial charge on any atom is -0.445 e. The Morgan fingerprint density at radius 2 is 1.39 bits per heavy atom. The van der Waals surface area contributed by atoms with Gasteiger partial charge in [0.25, 0.3) is 0 Å². The number of hydrogen-bond acceptors (Lipinski definition) is 4. The molecule has 3 amide bonds. The third-order valence-corrected chi connectivity index (χ3v) is 4.99. The zero-order valence-corrected chi connectivity index (χ0v) is 18.2. The van der Waals surface area contributed by atoms with Gasteiger partial charge in [-0.3, -0.25) is 9.59 Å². The van der Waals surface area contributed by atoms with Crippen molar-refractivity contribution in [3.05, 3.63) is 102 Å². The molecule has 1 atom stereocenters. The standard InChI is InChI=1S/C26H27N3O4/c27-24(30)16-13-19-11-14-22(15-12-19)28-25(31)23(17-20-7-3-1-4-8-20)29-26(32)33-18-21-9-5-2-6-10-21/h1-12,14-15,23H,13,16-18H2,(H2,27,30)(H,28,31)(H,29,32)/t23-/m0/s1. The van der Waals surface area contributed by atoms with Crippen molar-refractivity contribution in [1.82, 2.24) is 5.32 Å². The first-order chi connectivity index (χ1) is 16.0. The van der Waals surface area contributed by atoms with E-state index in [0.717, 1.165) is 16.7 Å². The quantitative estimate of drug-likeness (QED) is 0.443. The van der Waals surface area contributed by atoms with E-state index in [1.54, 1.807) is 12.1 Å².